The number of aliphatic hydroxyl groups is 2. The Morgan fingerprint density at radius 3 is 2.22 bits per heavy atom. The van der Waals surface area contributed by atoms with Crippen LogP contribution in [0.25, 0.3) is 0 Å². The topological polar surface area (TPSA) is 49.7 Å². The van der Waals surface area contributed by atoms with Gasteiger partial charge >= 0.3 is 0 Å². The van der Waals surface area contributed by atoms with Gasteiger partial charge in [-0.1, -0.05) is 51.1 Å². The minimum Gasteiger partial charge on any atom is -0.392 e. The standard InChI is InChI=1S/C15H24O3/c1-11(2)15(17)12(3)14(16)10-18-9-13-7-5-4-6-8-13/h4-8,11-12,14-17H,9-10H2,1-3H3/t12-,14+,15-/m0/s1. The number of benzene rings is 1. The molecule has 0 saturated heterocycles. The minimum atomic E-state index is -0.633. The maximum atomic E-state index is 9.93. The second-order valence-electron chi connectivity index (χ2n) is 5.16. The number of rotatable bonds is 7. The van der Waals surface area contributed by atoms with Gasteiger partial charge in [-0.2, -0.15) is 0 Å². The van der Waals surface area contributed by atoms with E-state index in [4.69, 9.17) is 4.74 Å². The van der Waals surface area contributed by atoms with Crippen LogP contribution in [0.5, 0.6) is 0 Å². The average Bonchev–Trinajstić information content (AvgIpc) is 2.38. The highest BCUT2D eigenvalue weighted by Crippen LogP contribution is 2.16. The van der Waals surface area contributed by atoms with Crippen molar-refractivity contribution in [2.75, 3.05) is 6.61 Å². The summed E-state index contributed by atoms with van der Waals surface area (Å²) in [4.78, 5) is 0. The Morgan fingerprint density at radius 2 is 1.67 bits per heavy atom. The molecule has 18 heavy (non-hydrogen) atoms. The number of hydrogen-bond acceptors (Lipinski definition) is 3. The third-order valence-corrected chi connectivity index (χ3v) is 3.23. The van der Waals surface area contributed by atoms with Crippen molar-refractivity contribution < 1.29 is 14.9 Å². The Kier molecular flexibility index (Phi) is 6.33. The fourth-order valence-corrected chi connectivity index (χ4v) is 1.86. The van der Waals surface area contributed by atoms with Crippen LogP contribution in [0.15, 0.2) is 30.3 Å². The summed E-state index contributed by atoms with van der Waals surface area (Å²) in [7, 11) is 0. The molecule has 0 unspecified atom stereocenters. The Labute approximate surface area is 109 Å². The fraction of sp³-hybridized carbons (Fsp3) is 0.600. The highest BCUT2D eigenvalue weighted by atomic mass is 16.5. The summed E-state index contributed by atoms with van der Waals surface area (Å²) >= 11 is 0. The first-order chi connectivity index (χ1) is 8.52. The van der Waals surface area contributed by atoms with E-state index in [1.165, 1.54) is 0 Å². The molecule has 0 amide bonds. The lowest BCUT2D eigenvalue weighted by atomic mass is 9.91. The number of ether oxygens (including phenoxy) is 1. The van der Waals surface area contributed by atoms with Gasteiger partial charge < -0.3 is 14.9 Å². The molecule has 0 radical (unpaired) electrons. The van der Waals surface area contributed by atoms with E-state index < -0.39 is 12.2 Å². The average molecular weight is 252 g/mol. The lowest BCUT2D eigenvalue weighted by molar-refractivity contribution is -0.0473. The van der Waals surface area contributed by atoms with Gasteiger partial charge in [0, 0.05) is 5.92 Å². The van der Waals surface area contributed by atoms with Crippen molar-refractivity contribution in [3.05, 3.63) is 35.9 Å². The smallest absolute Gasteiger partial charge is 0.0824 e. The first kappa shape index (κ1) is 15.2. The van der Waals surface area contributed by atoms with E-state index >= 15 is 0 Å². The zero-order valence-corrected chi connectivity index (χ0v) is 11.4. The monoisotopic (exact) mass is 252 g/mol. The molecule has 3 atom stereocenters. The van der Waals surface area contributed by atoms with Gasteiger partial charge in [0.1, 0.15) is 0 Å². The minimum absolute atomic E-state index is 0.142. The molecular formula is C15H24O3. The van der Waals surface area contributed by atoms with Crippen molar-refractivity contribution in [3.8, 4) is 0 Å². The summed E-state index contributed by atoms with van der Waals surface area (Å²) in [6.07, 6.45) is -1.13. The molecule has 0 heterocycles. The largest absolute Gasteiger partial charge is 0.392 e. The molecule has 0 spiro atoms. The van der Waals surface area contributed by atoms with E-state index in [2.05, 4.69) is 0 Å². The second kappa shape index (κ2) is 7.52. The van der Waals surface area contributed by atoms with Gasteiger partial charge in [0.05, 0.1) is 25.4 Å². The summed E-state index contributed by atoms with van der Waals surface area (Å²) in [6, 6.07) is 9.84. The zero-order valence-electron chi connectivity index (χ0n) is 11.4. The first-order valence-electron chi connectivity index (χ1n) is 6.50. The van der Waals surface area contributed by atoms with Gasteiger partial charge in [0.2, 0.25) is 0 Å². The highest BCUT2D eigenvalue weighted by molar-refractivity contribution is 5.13. The summed E-state index contributed by atoms with van der Waals surface area (Å²) < 4.78 is 5.47. The molecule has 2 N–H and O–H groups in total. The van der Waals surface area contributed by atoms with E-state index in [1.807, 2.05) is 51.1 Å². The molecule has 0 fully saturated rings. The Bertz CT molecular complexity index is 324. The van der Waals surface area contributed by atoms with Crippen LogP contribution in [-0.4, -0.2) is 29.0 Å². The molecule has 1 aromatic rings. The van der Waals surface area contributed by atoms with Crippen molar-refractivity contribution in [1.29, 1.82) is 0 Å². The van der Waals surface area contributed by atoms with Crippen molar-refractivity contribution in [1.82, 2.24) is 0 Å². The number of hydrogen-bond donors (Lipinski definition) is 2. The third-order valence-electron chi connectivity index (χ3n) is 3.23. The Balaban J connectivity index is 2.31. The van der Waals surface area contributed by atoms with Crippen LogP contribution in [0.2, 0.25) is 0 Å². The maximum absolute atomic E-state index is 9.93. The molecular weight excluding hydrogens is 228 g/mol. The summed E-state index contributed by atoms with van der Waals surface area (Å²) in [5.74, 6) is -0.0375. The molecule has 0 aliphatic heterocycles. The molecule has 3 heteroatoms. The van der Waals surface area contributed by atoms with Crippen molar-refractivity contribution in [2.24, 2.45) is 11.8 Å². The lowest BCUT2D eigenvalue weighted by Crippen LogP contribution is -2.35. The first-order valence-corrected chi connectivity index (χ1v) is 6.50. The summed E-state index contributed by atoms with van der Waals surface area (Å²) in [6.45, 7) is 6.47. The Morgan fingerprint density at radius 1 is 1.06 bits per heavy atom. The van der Waals surface area contributed by atoms with Gasteiger partial charge in [0.15, 0.2) is 0 Å². The van der Waals surface area contributed by atoms with E-state index in [1.54, 1.807) is 0 Å². The Hall–Kier alpha value is -0.900. The second-order valence-corrected chi connectivity index (χ2v) is 5.16. The molecule has 0 aliphatic carbocycles. The third kappa shape index (κ3) is 4.77. The normalized spacial score (nSPS) is 16.6. The quantitative estimate of drug-likeness (QED) is 0.782. The SMILES string of the molecule is CC(C)[C@H](O)[C@@H](C)[C@H](O)COCc1ccccc1. The summed E-state index contributed by atoms with van der Waals surface area (Å²) in [5, 5.41) is 19.8. The van der Waals surface area contributed by atoms with E-state index in [0.717, 1.165) is 5.56 Å². The predicted molar refractivity (Wildman–Crippen MR) is 72.1 cm³/mol. The van der Waals surface area contributed by atoms with E-state index in [0.29, 0.717) is 6.61 Å². The molecule has 0 bridgehead atoms. The zero-order chi connectivity index (χ0) is 13.5. The van der Waals surface area contributed by atoms with Gasteiger partial charge in [-0.05, 0) is 11.5 Å². The molecule has 1 rings (SSSR count). The van der Waals surface area contributed by atoms with E-state index in [9.17, 15) is 10.2 Å². The van der Waals surface area contributed by atoms with Crippen LogP contribution in [0.1, 0.15) is 26.3 Å². The molecule has 1 aromatic carbocycles. The fourth-order valence-electron chi connectivity index (χ4n) is 1.86. The van der Waals surface area contributed by atoms with E-state index in [-0.39, 0.29) is 18.4 Å². The van der Waals surface area contributed by atoms with Gasteiger partial charge in [-0.25, -0.2) is 0 Å². The van der Waals surface area contributed by atoms with Crippen molar-refractivity contribution in [3.63, 3.8) is 0 Å². The van der Waals surface area contributed by atoms with Gasteiger partial charge in [-0.3, -0.25) is 0 Å². The van der Waals surface area contributed by atoms with Crippen molar-refractivity contribution in [2.45, 2.75) is 39.6 Å². The predicted octanol–water partition coefficient (Wildman–Crippen LogP) is 2.22. The van der Waals surface area contributed by atoms with Crippen LogP contribution in [0.4, 0.5) is 0 Å². The van der Waals surface area contributed by atoms with Gasteiger partial charge in [0.25, 0.3) is 0 Å². The number of aliphatic hydroxyl groups excluding tert-OH is 2. The molecule has 102 valence electrons. The van der Waals surface area contributed by atoms with Crippen molar-refractivity contribution >= 4 is 0 Å². The highest BCUT2D eigenvalue weighted by Gasteiger charge is 2.24. The molecule has 0 aliphatic rings. The molecule has 0 aromatic heterocycles. The maximum Gasteiger partial charge on any atom is 0.0824 e. The summed E-state index contributed by atoms with van der Waals surface area (Å²) in [5.41, 5.74) is 1.08. The lowest BCUT2D eigenvalue weighted by Gasteiger charge is -2.26. The van der Waals surface area contributed by atoms with Crippen LogP contribution in [0.3, 0.4) is 0 Å². The van der Waals surface area contributed by atoms with Crippen LogP contribution in [-0.2, 0) is 11.3 Å². The molecule has 0 saturated carbocycles. The van der Waals surface area contributed by atoms with Crippen LogP contribution in [0, 0.1) is 11.8 Å². The van der Waals surface area contributed by atoms with Crippen LogP contribution < -0.4 is 0 Å². The molecule has 3 nitrogen and oxygen atoms in total. The van der Waals surface area contributed by atoms with Crippen LogP contribution >= 0.6 is 0 Å². The van der Waals surface area contributed by atoms with Gasteiger partial charge in [-0.15, -0.1) is 0 Å².